The Morgan fingerprint density at radius 2 is 1.84 bits per heavy atom. The molecule has 1 atom stereocenters. The highest BCUT2D eigenvalue weighted by Crippen LogP contribution is 2.27. The smallest absolute Gasteiger partial charge is 0.256 e. The van der Waals surface area contributed by atoms with Crippen LogP contribution < -0.4 is 15.4 Å². The van der Waals surface area contributed by atoms with Crippen molar-refractivity contribution in [2.75, 3.05) is 10.2 Å². The fourth-order valence-electron chi connectivity index (χ4n) is 2.60. The van der Waals surface area contributed by atoms with Crippen LogP contribution in [0.4, 0.5) is 11.4 Å². The molecule has 3 N–H and O–H groups in total. The third kappa shape index (κ3) is 3.65. The highest BCUT2D eigenvalue weighted by molar-refractivity contribution is 7.89. The molecule has 1 fully saturated rings. The number of rotatable bonds is 4. The zero-order valence-electron chi connectivity index (χ0n) is 12.8. The van der Waals surface area contributed by atoms with E-state index in [0.717, 1.165) is 4.90 Å². The number of halogens is 1. The minimum atomic E-state index is -3.86. The first-order valence-electron chi connectivity index (χ1n) is 7.27. The Labute approximate surface area is 149 Å². The maximum Gasteiger partial charge on any atom is 0.256 e. The standard InChI is InChI=1S/C16H14ClN3O4S/c17-10-3-1-5-12(7-10)20-15(21)9-14(16(20)22)19-11-4-2-6-13(8-11)25(18,23)24/h1-8,14,19H,9H2,(H2,18,23,24)/t14-/m1/s1. The van der Waals surface area contributed by atoms with Gasteiger partial charge in [-0.15, -0.1) is 0 Å². The summed E-state index contributed by atoms with van der Waals surface area (Å²) >= 11 is 5.91. The van der Waals surface area contributed by atoms with Gasteiger partial charge in [-0.3, -0.25) is 9.59 Å². The number of hydrogen-bond acceptors (Lipinski definition) is 5. The van der Waals surface area contributed by atoms with Gasteiger partial charge >= 0.3 is 0 Å². The van der Waals surface area contributed by atoms with Gasteiger partial charge < -0.3 is 5.32 Å². The predicted molar refractivity (Wildman–Crippen MR) is 93.8 cm³/mol. The molecule has 1 aliphatic heterocycles. The van der Waals surface area contributed by atoms with Gasteiger partial charge in [0.05, 0.1) is 17.0 Å². The van der Waals surface area contributed by atoms with Crippen molar-refractivity contribution in [1.82, 2.24) is 0 Å². The molecule has 25 heavy (non-hydrogen) atoms. The molecule has 3 rings (SSSR count). The second-order valence-electron chi connectivity index (χ2n) is 5.52. The number of sulfonamides is 1. The third-order valence-corrected chi connectivity index (χ3v) is 4.86. The van der Waals surface area contributed by atoms with E-state index >= 15 is 0 Å². The van der Waals surface area contributed by atoms with Gasteiger partial charge in [0.2, 0.25) is 15.9 Å². The molecule has 0 spiro atoms. The fraction of sp³-hybridized carbons (Fsp3) is 0.125. The van der Waals surface area contributed by atoms with E-state index in [1.807, 2.05) is 0 Å². The highest BCUT2D eigenvalue weighted by atomic mass is 35.5. The summed E-state index contributed by atoms with van der Waals surface area (Å²) < 4.78 is 22.8. The second kappa shape index (κ2) is 6.47. The van der Waals surface area contributed by atoms with Crippen LogP contribution in [0.5, 0.6) is 0 Å². The molecular weight excluding hydrogens is 366 g/mol. The summed E-state index contributed by atoms with van der Waals surface area (Å²) in [6, 6.07) is 11.4. The van der Waals surface area contributed by atoms with E-state index in [-0.39, 0.29) is 17.2 Å². The molecule has 0 aliphatic carbocycles. The molecule has 2 aromatic carbocycles. The van der Waals surface area contributed by atoms with Gasteiger partial charge in [-0.25, -0.2) is 18.5 Å². The molecule has 1 saturated heterocycles. The van der Waals surface area contributed by atoms with Gasteiger partial charge in [0.15, 0.2) is 0 Å². The van der Waals surface area contributed by atoms with Crippen LogP contribution in [-0.2, 0) is 19.6 Å². The minimum Gasteiger partial charge on any atom is -0.373 e. The Morgan fingerprint density at radius 1 is 1.12 bits per heavy atom. The van der Waals surface area contributed by atoms with Crippen LogP contribution in [0.15, 0.2) is 53.4 Å². The molecule has 0 unspecified atom stereocenters. The Morgan fingerprint density at radius 3 is 2.52 bits per heavy atom. The monoisotopic (exact) mass is 379 g/mol. The van der Waals surface area contributed by atoms with E-state index in [0.29, 0.717) is 16.4 Å². The molecule has 0 radical (unpaired) electrons. The topological polar surface area (TPSA) is 110 Å². The van der Waals surface area contributed by atoms with Crippen molar-refractivity contribution in [3.8, 4) is 0 Å². The Bertz CT molecular complexity index is 961. The molecule has 0 saturated carbocycles. The molecule has 2 aromatic rings. The average molecular weight is 380 g/mol. The van der Waals surface area contributed by atoms with Crippen molar-refractivity contribution >= 4 is 44.8 Å². The molecular formula is C16H14ClN3O4S. The summed E-state index contributed by atoms with van der Waals surface area (Å²) in [4.78, 5) is 25.8. The minimum absolute atomic E-state index is 0.0506. The second-order valence-corrected chi connectivity index (χ2v) is 7.52. The summed E-state index contributed by atoms with van der Waals surface area (Å²) in [5.41, 5.74) is 0.774. The normalized spacial score (nSPS) is 17.8. The van der Waals surface area contributed by atoms with Gasteiger partial charge in [0.1, 0.15) is 6.04 Å². The molecule has 9 heteroatoms. The fourth-order valence-corrected chi connectivity index (χ4v) is 3.34. The van der Waals surface area contributed by atoms with Gasteiger partial charge in [-0.05, 0) is 36.4 Å². The molecule has 130 valence electrons. The van der Waals surface area contributed by atoms with Crippen molar-refractivity contribution in [3.05, 3.63) is 53.6 Å². The molecule has 0 bridgehead atoms. The number of primary sulfonamides is 1. The number of amides is 2. The van der Waals surface area contributed by atoms with Crippen molar-refractivity contribution in [1.29, 1.82) is 0 Å². The van der Waals surface area contributed by atoms with Crippen LogP contribution in [-0.4, -0.2) is 26.3 Å². The van der Waals surface area contributed by atoms with Crippen molar-refractivity contribution < 1.29 is 18.0 Å². The number of hydrogen-bond donors (Lipinski definition) is 2. The zero-order chi connectivity index (χ0) is 18.2. The number of imide groups is 1. The van der Waals surface area contributed by atoms with Crippen LogP contribution in [0.2, 0.25) is 5.02 Å². The SMILES string of the molecule is NS(=O)(=O)c1cccc(N[C@@H]2CC(=O)N(c3cccc(Cl)c3)C2=O)c1. The maximum atomic E-state index is 12.6. The number of carbonyl (C=O) groups excluding carboxylic acids is 2. The van der Waals surface area contributed by atoms with Crippen LogP contribution in [0.3, 0.4) is 0 Å². The number of nitrogens with two attached hydrogens (primary N) is 1. The molecule has 2 amide bonds. The van der Waals surface area contributed by atoms with Crippen molar-refractivity contribution in [2.24, 2.45) is 5.14 Å². The van der Waals surface area contributed by atoms with Gasteiger partial charge in [0.25, 0.3) is 5.91 Å². The lowest BCUT2D eigenvalue weighted by atomic mass is 10.2. The first-order valence-corrected chi connectivity index (χ1v) is 9.20. The number of nitrogens with one attached hydrogen (secondary N) is 1. The van der Waals surface area contributed by atoms with E-state index in [1.54, 1.807) is 24.3 Å². The van der Waals surface area contributed by atoms with Crippen molar-refractivity contribution in [3.63, 3.8) is 0 Å². The molecule has 1 heterocycles. The predicted octanol–water partition coefficient (Wildman–Crippen LogP) is 1.73. The van der Waals surface area contributed by atoms with Crippen LogP contribution >= 0.6 is 11.6 Å². The quantitative estimate of drug-likeness (QED) is 0.786. The number of anilines is 2. The first kappa shape index (κ1) is 17.4. The van der Waals surface area contributed by atoms with E-state index < -0.39 is 22.0 Å². The van der Waals surface area contributed by atoms with Crippen LogP contribution in [0, 0.1) is 0 Å². The first-order chi connectivity index (χ1) is 11.8. The zero-order valence-corrected chi connectivity index (χ0v) is 14.4. The molecule has 0 aromatic heterocycles. The lowest BCUT2D eigenvalue weighted by molar-refractivity contribution is -0.121. The Balaban J connectivity index is 1.84. The summed E-state index contributed by atoms with van der Waals surface area (Å²) in [6.45, 7) is 0. The van der Waals surface area contributed by atoms with E-state index in [1.165, 1.54) is 24.3 Å². The summed E-state index contributed by atoms with van der Waals surface area (Å²) in [5, 5.41) is 8.39. The highest BCUT2D eigenvalue weighted by Gasteiger charge is 2.39. The summed E-state index contributed by atoms with van der Waals surface area (Å²) in [5.74, 6) is -0.805. The summed E-state index contributed by atoms with van der Waals surface area (Å²) in [6.07, 6.45) is -0.0506. The Hall–Kier alpha value is -2.42. The van der Waals surface area contributed by atoms with Gasteiger partial charge in [-0.1, -0.05) is 23.7 Å². The summed E-state index contributed by atoms with van der Waals surface area (Å²) in [7, 11) is -3.86. The van der Waals surface area contributed by atoms with E-state index in [4.69, 9.17) is 16.7 Å². The number of nitrogens with zero attached hydrogens (tertiary/aromatic N) is 1. The average Bonchev–Trinajstić information content (AvgIpc) is 2.81. The molecule has 1 aliphatic rings. The molecule has 7 nitrogen and oxygen atoms in total. The Kier molecular flexibility index (Phi) is 4.51. The van der Waals surface area contributed by atoms with Crippen molar-refractivity contribution in [2.45, 2.75) is 17.4 Å². The number of carbonyl (C=O) groups is 2. The number of benzene rings is 2. The largest absolute Gasteiger partial charge is 0.373 e. The van der Waals surface area contributed by atoms with E-state index in [9.17, 15) is 18.0 Å². The maximum absolute atomic E-state index is 12.6. The third-order valence-electron chi connectivity index (χ3n) is 3.72. The van der Waals surface area contributed by atoms with Gasteiger partial charge in [0, 0.05) is 10.7 Å². The van der Waals surface area contributed by atoms with E-state index in [2.05, 4.69) is 5.32 Å². The van der Waals surface area contributed by atoms with Crippen LogP contribution in [0.1, 0.15) is 6.42 Å². The van der Waals surface area contributed by atoms with Gasteiger partial charge in [-0.2, -0.15) is 0 Å². The lowest BCUT2D eigenvalue weighted by Crippen LogP contribution is -2.34. The van der Waals surface area contributed by atoms with Crippen LogP contribution in [0.25, 0.3) is 0 Å². The lowest BCUT2D eigenvalue weighted by Gasteiger charge is -2.16.